The summed E-state index contributed by atoms with van der Waals surface area (Å²) >= 11 is 0. The Balaban J connectivity index is 1.39. The van der Waals surface area contributed by atoms with Gasteiger partial charge in [-0.1, -0.05) is 6.07 Å². The molecule has 29 heavy (non-hydrogen) atoms. The number of anilines is 3. The highest BCUT2D eigenvalue weighted by Gasteiger charge is 2.30. The van der Waals surface area contributed by atoms with Crippen LogP contribution in [0.1, 0.15) is 50.3 Å². The highest BCUT2D eigenvalue weighted by molar-refractivity contribution is 7.92. The van der Waals surface area contributed by atoms with Crippen molar-refractivity contribution in [1.29, 1.82) is 0 Å². The van der Waals surface area contributed by atoms with Gasteiger partial charge >= 0.3 is 6.09 Å². The quantitative estimate of drug-likeness (QED) is 0.590. The lowest BCUT2D eigenvalue weighted by molar-refractivity contribution is 0.0981. The maximum absolute atomic E-state index is 11.8. The SMILES string of the molecule is CC(C)NC(=O)O[C@@H]1CC[C@H](c2cc(Nc3cccc4c3CS(=O)(=O)N4)n[nH]2)C1. The number of carbonyl (C=O) groups excluding carboxylic acids is 1. The molecule has 0 bridgehead atoms. The zero-order valence-corrected chi connectivity index (χ0v) is 17.2. The minimum absolute atomic E-state index is 0.0468. The van der Waals surface area contributed by atoms with Crippen molar-refractivity contribution < 1.29 is 17.9 Å². The number of rotatable bonds is 5. The number of carbonyl (C=O) groups is 1. The number of hydrogen-bond acceptors (Lipinski definition) is 6. The third kappa shape index (κ3) is 4.47. The summed E-state index contributed by atoms with van der Waals surface area (Å²) in [6, 6.07) is 7.35. The van der Waals surface area contributed by atoms with Crippen molar-refractivity contribution in [3.05, 3.63) is 35.5 Å². The summed E-state index contributed by atoms with van der Waals surface area (Å²) in [5, 5.41) is 13.3. The number of aromatic amines is 1. The van der Waals surface area contributed by atoms with Crippen molar-refractivity contribution in [3.63, 3.8) is 0 Å². The number of amides is 1. The Morgan fingerprint density at radius 3 is 2.93 bits per heavy atom. The summed E-state index contributed by atoms with van der Waals surface area (Å²) in [6.45, 7) is 3.79. The Kier molecular flexibility index (Phi) is 5.12. The minimum atomic E-state index is -3.32. The highest BCUT2D eigenvalue weighted by Crippen LogP contribution is 2.37. The minimum Gasteiger partial charge on any atom is -0.446 e. The van der Waals surface area contributed by atoms with E-state index in [-0.39, 0.29) is 29.9 Å². The monoisotopic (exact) mass is 419 g/mol. The second-order valence-electron chi connectivity index (χ2n) is 7.86. The summed E-state index contributed by atoms with van der Waals surface area (Å²) < 4.78 is 31.7. The van der Waals surface area contributed by atoms with Crippen LogP contribution in [0.5, 0.6) is 0 Å². The van der Waals surface area contributed by atoms with Crippen molar-refractivity contribution in [2.75, 3.05) is 10.0 Å². The van der Waals surface area contributed by atoms with Gasteiger partial charge in [0.25, 0.3) is 0 Å². The molecule has 2 heterocycles. The van der Waals surface area contributed by atoms with E-state index in [1.807, 2.05) is 26.0 Å². The lowest BCUT2D eigenvalue weighted by Crippen LogP contribution is -2.33. The molecule has 2 atom stereocenters. The van der Waals surface area contributed by atoms with Crippen molar-refractivity contribution in [2.24, 2.45) is 0 Å². The van der Waals surface area contributed by atoms with E-state index in [0.29, 0.717) is 22.8 Å². The topological polar surface area (TPSA) is 125 Å². The van der Waals surface area contributed by atoms with Crippen LogP contribution in [-0.2, 0) is 20.5 Å². The predicted octanol–water partition coefficient (Wildman–Crippen LogP) is 3.18. The first-order valence-corrected chi connectivity index (χ1v) is 11.4. The van der Waals surface area contributed by atoms with E-state index < -0.39 is 10.0 Å². The van der Waals surface area contributed by atoms with Crippen LogP contribution in [0.4, 0.5) is 22.0 Å². The lowest BCUT2D eigenvalue weighted by atomic mass is 10.0. The molecule has 1 aromatic heterocycles. The van der Waals surface area contributed by atoms with Crippen LogP contribution in [0.15, 0.2) is 24.3 Å². The second-order valence-corrected chi connectivity index (χ2v) is 9.58. The van der Waals surface area contributed by atoms with Crippen LogP contribution in [-0.4, -0.2) is 36.9 Å². The Labute approximate surface area is 169 Å². The fourth-order valence-corrected chi connectivity index (χ4v) is 5.14. The van der Waals surface area contributed by atoms with Crippen LogP contribution < -0.4 is 15.4 Å². The van der Waals surface area contributed by atoms with Crippen LogP contribution in [0.25, 0.3) is 0 Å². The fraction of sp³-hybridized carbons (Fsp3) is 0.474. The van der Waals surface area contributed by atoms with Gasteiger partial charge in [-0.05, 0) is 45.2 Å². The van der Waals surface area contributed by atoms with Gasteiger partial charge < -0.3 is 15.4 Å². The summed E-state index contributed by atoms with van der Waals surface area (Å²) in [5.41, 5.74) is 3.00. The third-order valence-electron chi connectivity index (χ3n) is 5.14. The summed E-state index contributed by atoms with van der Waals surface area (Å²) in [4.78, 5) is 11.8. The molecule has 2 aromatic rings. The highest BCUT2D eigenvalue weighted by atomic mass is 32.2. The average molecular weight is 420 g/mol. The predicted molar refractivity (Wildman–Crippen MR) is 110 cm³/mol. The van der Waals surface area contributed by atoms with E-state index in [9.17, 15) is 13.2 Å². The number of hydrogen-bond donors (Lipinski definition) is 4. The van der Waals surface area contributed by atoms with Gasteiger partial charge in [-0.3, -0.25) is 9.82 Å². The Morgan fingerprint density at radius 2 is 2.14 bits per heavy atom. The molecule has 0 saturated heterocycles. The van der Waals surface area contributed by atoms with Gasteiger partial charge in [0.2, 0.25) is 10.0 Å². The number of benzene rings is 1. The van der Waals surface area contributed by atoms with Crippen LogP contribution in [0, 0.1) is 0 Å². The number of sulfonamides is 1. The van der Waals surface area contributed by atoms with E-state index in [1.54, 1.807) is 12.1 Å². The molecule has 0 unspecified atom stereocenters. The molecule has 2 aliphatic rings. The Hall–Kier alpha value is -2.75. The molecular weight excluding hydrogens is 394 g/mol. The van der Waals surface area contributed by atoms with E-state index in [4.69, 9.17) is 4.74 Å². The zero-order valence-electron chi connectivity index (χ0n) is 16.4. The number of nitrogens with zero attached hydrogens (tertiary/aromatic N) is 1. The van der Waals surface area contributed by atoms with E-state index in [2.05, 4.69) is 25.6 Å². The number of aromatic nitrogens is 2. The van der Waals surface area contributed by atoms with Gasteiger partial charge in [-0.15, -0.1) is 0 Å². The second kappa shape index (κ2) is 7.58. The summed E-state index contributed by atoms with van der Waals surface area (Å²) in [5.74, 6) is 0.807. The third-order valence-corrected chi connectivity index (χ3v) is 6.34. The van der Waals surface area contributed by atoms with E-state index >= 15 is 0 Å². The first-order chi connectivity index (χ1) is 13.8. The van der Waals surface area contributed by atoms with Gasteiger partial charge in [0.15, 0.2) is 5.82 Å². The first kappa shape index (κ1) is 19.6. The normalized spacial score (nSPS) is 22.2. The van der Waals surface area contributed by atoms with Gasteiger partial charge in [-0.2, -0.15) is 5.10 Å². The van der Waals surface area contributed by atoms with Gasteiger partial charge in [-0.25, -0.2) is 13.2 Å². The lowest BCUT2D eigenvalue weighted by Gasteiger charge is -2.14. The Morgan fingerprint density at radius 1 is 1.31 bits per heavy atom. The molecular formula is C19H25N5O4S. The smallest absolute Gasteiger partial charge is 0.407 e. The number of fused-ring (bicyclic) bond motifs is 1. The molecule has 156 valence electrons. The summed E-state index contributed by atoms with van der Waals surface area (Å²) in [7, 11) is -3.32. The average Bonchev–Trinajstić information content (AvgIpc) is 3.32. The molecule has 1 aliphatic heterocycles. The van der Waals surface area contributed by atoms with E-state index in [0.717, 1.165) is 25.0 Å². The van der Waals surface area contributed by atoms with Crippen molar-refractivity contribution in [2.45, 2.75) is 56.9 Å². The number of alkyl carbamates (subject to hydrolysis) is 1. The molecule has 9 nitrogen and oxygen atoms in total. The van der Waals surface area contributed by atoms with Crippen LogP contribution >= 0.6 is 0 Å². The van der Waals surface area contributed by atoms with Gasteiger partial charge in [0.1, 0.15) is 6.10 Å². The van der Waals surface area contributed by atoms with Crippen LogP contribution in [0.2, 0.25) is 0 Å². The van der Waals surface area contributed by atoms with Gasteiger partial charge in [0.05, 0.1) is 11.4 Å². The van der Waals surface area contributed by atoms with Crippen LogP contribution in [0.3, 0.4) is 0 Å². The molecule has 10 heteroatoms. The maximum Gasteiger partial charge on any atom is 0.407 e. The Bertz CT molecular complexity index is 1020. The molecule has 4 N–H and O–H groups in total. The van der Waals surface area contributed by atoms with Gasteiger partial charge in [0, 0.05) is 35.0 Å². The first-order valence-electron chi connectivity index (χ1n) is 9.71. The summed E-state index contributed by atoms with van der Waals surface area (Å²) in [6.07, 6.45) is 1.99. The molecule has 1 amide bonds. The zero-order chi connectivity index (χ0) is 20.6. The maximum atomic E-state index is 11.8. The molecule has 4 rings (SSSR count). The molecule has 0 radical (unpaired) electrons. The van der Waals surface area contributed by atoms with Crippen molar-refractivity contribution >= 4 is 33.3 Å². The number of nitrogens with one attached hydrogen (secondary N) is 4. The van der Waals surface area contributed by atoms with Crippen molar-refractivity contribution in [3.8, 4) is 0 Å². The fourth-order valence-electron chi connectivity index (χ4n) is 3.85. The molecule has 1 saturated carbocycles. The largest absolute Gasteiger partial charge is 0.446 e. The number of ether oxygens (including phenoxy) is 1. The molecule has 1 aromatic carbocycles. The molecule has 1 fully saturated rings. The van der Waals surface area contributed by atoms with E-state index in [1.165, 1.54) is 0 Å². The van der Waals surface area contributed by atoms with Crippen molar-refractivity contribution in [1.82, 2.24) is 15.5 Å². The molecule has 0 spiro atoms. The standard InChI is InChI=1S/C19H25N5O4S/c1-11(2)20-19(25)28-13-7-6-12(8-13)17-9-18(23-22-17)21-15-4-3-5-16-14(15)10-29(26,27)24-16/h3-5,9,11-13,24H,6-8,10H2,1-2H3,(H,20,25)(H2,21,22,23)/t12-,13+/m0/s1. The molecule has 1 aliphatic carbocycles. The number of H-pyrrole nitrogens is 1.